The Balaban J connectivity index is 1.49. The molecule has 246 valence electrons. The summed E-state index contributed by atoms with van der Waals surface area (Å²) in [5, 5.41) is 10.3. The fraction of sp³-hybridized carbons (Fsp3) is 0.618. The number of thioether (sulfide) groups is 1. The average molecular weight is 641 g/mol. The Morgan fingerprint density at radius 3 is 2.47 bits per heavy atom. The Labute approximate surface area is 271 Å². The van der Waals surface area contributed by atoms with Gasteiger partial charge in [0.15, 0.2) is 0 Å². The van der Waals surface area contributed by atoms with Crippen LogP contribution in [-0.2, 0) is 19.1 Å². The summed E-state index contributed by atoms with van der Waals surface area (Å²) in [6.45, 7) is 18.6. The van der Waals surface area contributed by atoms with E-state index in [1.54, 1.807) is 45.5 Å². The number of carbonyl (C=O) groups excluding carboxylic acids is 3. The second kappa shape index (κ2) is 13.9. The standard InChI is InChI=1S/C34H48N4O6S/c1-6-15-36(18-17-35-19-21-43-22-20-35)32(42)29-34-14-13-33(5,45-34)27(28(34)31(41)38(29)24(4)23-39)30(40)37(16-7-2)25-9-11-26(12-10-25)44-8-3/h6-7,9-12,24,27-29,39H,1-2,8,13-23H2,3-5H3/t24-,27-,28+,29?,33+,34?/m1/s1. The molecule has 4 aliphatic heterocycles. The molecule has 2 unspecified atom stereocenters. The lowest BCUT2D eigenvalue weighted by molar-refractivity contribution is -0.145. The number of morpholine rings is 1. The average Bonchev–Trinajstić information content (AvgIpc) is 3.62. The molecule has 0 saturated carbocycles. The highest BCUT2D eigenvalue weighted by Crippen LogP contribution is 2.72. The van der Waals surface area contributed by atoms with E-state index in [0.717, 1.165) is 13.1 Å². The minimum atomic E-state index is -0.787. The maximum atomic E-state index is 14.7. The summed E-state index contributed by atoms with van der Waals surface area (Å²) in [5.74, 6) is -1.11. The molecule has 4 fully saturated rings. The maximum Gasteiger partial charge on any atom is 0.247 e. The molecule has 1 N–H and O–H groups in total. The molecule has 0 radical (unpaired) electrons. The van der Waals surface area contributed by atoms with Crippen LogP contribution in [0.2, 0.25) is 0 Å². The molecule has 2 bridgehead atoms. The topological polar surface area (TPSA) is 103 Å². The number of rotatable bonds is 14. The van der Waals surface area contributed by atoms with Crippen LogP contribution in [0.25, 0.3) is 0 Å². The molecule has 1 spiro atoms. The lowest BCUT2D eigenvalue weighted by Crippen LogP contribution is -2.58. The molecule has 4 saturated heterocycles. The predicted octanol–water partition coefficient (Wildman–Crippen LogP) is 2.81. The van der Waals surface area contributed by atoms with Crippen molar-refractivity contribution in [1.29, 1.82) is 0 Å². The SMILES string of the molecule is C=CCN(CCN1CCOCC1)C(=O)C1N([C@H](C)CO)C(=O)[C@@H]2[C@H](C(=O)N(CC=C)c3ccc(OCC)cc3)[C@]3(C)CCC12S3. The van der Waals surface area contributed by atoms with Crippen molar-refractivity contribution in [3.8, 4) is 5.75 Å². The molecule has 0 aliphatic carbocycles. The summed E-state index contributed by atoms with van der Waals surface area (Å²) in [6, 6.07) is 6.03. The summed E-state index contributed by atoms with van der Waals surface area (Å²) in [6.07, 6.45) is 4.77. The Morgan fingerprint density at radius 2 is 1.84 bits per heavy atom. The van der Waals surface area contributed by atoms with Gasteiger partial charge < -0.3 is 29.3 Å². The molecule has 1 aromatic rings. The second-order valence-corrected chi connectivity index (χ2v) is 14.6. The van der Waals surface area contributed by atoms with Crippen LogP contribution < -0.4 is 9.64 Å². The van der Waals surface area contributed by atoms with Crippen molar-refractivity contribution < 1.29 is 29.0 Å². The molecule has 6 atom stereocenters. The summed E-state index contributed by atoms with van der Waals surface area (Å²) in [4.78, 5) is 51.2. The molecule has 5 rings (SSSR count). The van der Waals surface area contributed by atoms with E-state index in [4.69, 9.17) is 9.47 Å². The Morgan fingerprint density at radius 1 is 1.16 bits per heavy atom. The van der Waals surface area contributed by atoms with E-state index in [0.29, 0.717) is 63.7 Å². The lowest BCUT2D eigenvalue weighted by atomic mass is 9.66. The summed E-state index contributed by atoms with van der Waals surface area (Å²) < 4.78 is 9.80. The zero-order chi connectivity index (χ0) is 32.4. The molecular weight excluding hydrogens is 592 g/mol. The number of aliphatic hydroxyl groups excluding tert-OH is 1. The molecule has 11 heteroatoms. The first kappa shape index (κ1) is 33.5. The number of aliphatic hydroxyl groups is 1. The smallest absolute Gasteiger partial charge is 0.247 e. The van der Waals surface area contributed by atoms with Crippen LogP contribution in [0.1, 0.15) is 33.6 Å². The highest BCUT2D eigenvalue weighted by molar-refractivity contribution is 8.02. The molecule has 0 aromatic heterocycles. The maximum absolute atomic E-state index is 14.7. The number of amides is 3. The van der Waals surface area contributed by atoms with Gasteiger partial charge in [0.2, 0.25) is 17.7 Å². The summed E-state index contributed by atoms with van der Waals surface area (Å²) in [7, 11) is 0. The molecule has 4 aliphatic rings. The predicted molar refractivity (Wildman–Crippen MR) is 176 cm³/mol. The number of fused-ring (bicyclic) bond motifs is 1. The zero-order valence-corrected chi connectivity index (χ0v) is 27.7. The Hall–Kier alpha value is -2.86. The van der Waals surface area contributed by atoms with Crippen molar-refractivity contribution in [2.75, 3.05) is 70.6 Å². The molecule has 3 amide bonds. The summed E-state index contributed by atoms with van der Waals surface area (Å²) >= 11 is 1.64. The van der Waals surface area contributed by atoms with Gasteiger partial charge in [0.1, 0.15) is 11.8 Å². The fourth-order valence-corrected chi connectivity index (χ4v) is 10.1. The number of hydrogen-bond donors (Lipinski definition) is 1. The van der Waals surface area contributed by atoms with Gasteiger partial charge in [-0.1, -0.05) is 12.2 Å². The molecule has 4 heterocycles. The van der Waals surface area contributed by atoms with Gasteiger partial charge >= 0.3 is 0 Å². The van der Waals surface area contributed by atoms with E-state index < -0.39 is 33.4 Å². The van der Waals surface area contributed by atoms with Gasteiger partial charge in [-0.2, -0.15) is 0 Å². The number of benzene rings is 1. The fourth-order valence-electron chi connectivity index (χ4n) is 7.80. The number of anilines is 1. The number of carbonyl (C=O) groups is 3. The van der Waals surface area contributed by atoms with E-state index in [2.05, 4.69) is 25.0 Å². The molecular formula is C34H48N4O6S. The molecule has 45 heavy (non-hydrogen) atoms. The van der Waals surface area contributed by atoms with E-state index in [1.165, 1.54) is 0 Å². The quantitative estimate of drug-likeness (QED) is 0.310. The minimum absolute atomic E-state index is 0.140. The van der Waals surface area contributed by atoms with Crippen LogP contribution in [0, 0.1) is 11.8 Å². The van der Waals surface area contributed by atoms with Crippen LogP contribution in [0.5, 0.6) is 5.75 Å². The van der Waals surface area contributed by atoms with Gasteiger partial charge in [-0.15, -0.1) is 24.9 Å². The van der Waals surface area contributed by atoms with Crippen LogP contribution in [-0.4, -0.2) is 125 Å². The van der Waals surface area contributed by atoms with Crippen molar-refractivity contribution in [3.05, 3.63) is 49.6 Å². The largest absolute Gasteiger partial charge is 0.494 e. The van der Waals surface area contributed by atoms with E-state index >= 15 is 0 Å². The number of nitrogens with zero attached hydrogens (tertiary/aromatic N) is 4. The van der Waals surface area contributed by atoms with Gasteiger partial charge in [-0.25, -0.2) is 0 Å². The van der Waals surface area contributed by atoms with Crippen molar-refractivity contribution in [1.82, 2.24) is 14.7 Å². The van der Waals surface area contributed by atoms with Crippen LogP contribution in [0.15, 0.2) is 49.6 Å². The highest BCUT2D eigenvalue weighted by atomic mass is 32.2. The molecule has 10 nitrogen and oxygen atoms in total. The Bertz CT molecular complexity index is 1270. The van der Waals surface area contributed by atoms with Crippen molar-refractivity contribution >= 4 is 35.2 Å². The van der Waals surface area contributed by atoms with Crippen molar-refractivity contribution in [2.45, 2.75) is 55.2 Å². The monoisotopic (exact) mass is 640 g/mol. The van der Waals surface area contributed by atoms with E-state index in [9.17, 15) is 19.5 Å². The van der Waals surface area contributed by atoms with Crippen molar-refractivity contribution in [3.63, 3.8) is 0 Å². The van der Waals surface area contributed by atoms with E-state index in [1.807, 2.05) is 31.2 Å². The minimum Gasteiger partial charge on any atom is -0.494 e. The first-order valence-corrected chi connectivity index (χ1v) is 17.0. The normalized spacial score (nSPS) is 29.7. The van der Waals surface area contributed by atoms with Gasteiger partial charge in [0.05, 0.1) is 49.1 Å². The number of ether oxygens (including phenoxy) is 2. The third-order valence-corrected chi connectivity index (χ3v) is 11.9. The first-order valence-electron chi connectivity index (χ1n) is 16.1. The highest BCUT2D eigenvalue weighted by Gasteiger charge is 2.78. The van der Waals surface area contributed by atoms with Crippen LogP contribution in [0.4, 0.5) is 5.69 Å². The van der Waals surface area contributed by atoms with Crippen LogP contribution in [0.3, 0.4) is 0 Å². The summed E-state index contributed by atoms with van der Waals surface area (Å²) in [5.41, 5.74) is 0.702. The third-order valence-electron chi connectivity index (χ3n) is 9.94. The van der Waals surface area contributed by atoms with Gasteiger partial charge in [0, 0.05) is 49.7 Å². The van der Waals surface area contributed by atoms with Gasteiger partial charge in [-0.05, 0) is 57.9 Å². The van der Waals surface area contributed by atoms with Crippen molar-refractivity contribution in [2.24, 2.45) is 11.8 Å². The first-order chi connectivity index (χ1) is 21.7. The number of likely N-dealkylation sites (tertiary alicyclic amines) is 1. The zero-order valence-electron chi connectivity index (χ0n) is 26.9. The third kappa shape index (κ3) is 6.04. The van der Waals surface area contributed by atoms with E-state index in [-0.39, 0.29) is 30.9 Å². The van der Waals surface area contributed by atoms with Crippen LogP contribution >= 0.6 is 11.8 Å². The van der Waals surface area contributed by atoms with Gasteiger partial charge in [-0.3, -0.25) is 19.3 Å². The Kier molecular flexibility index (Phi) is 10.3. The second-order valence-electron chi connectivity index (χ2n) is 12.7. The lowest BCUT2D eigenvalue weighted by Gasteiger charge is -2.39. The number of hydrogen-bond acceptors (Lipinski definition) is 8. The molecule has 1 aromatic carbocycles. The van der Waals surface area contributed by atoms with Gasteiger partial charge in [0.25, 0.3) is 0 Å².